The third-order valence-corrected chi connectivity index (χ3v) is 3.95. The standard InChI is InChI=1S/C13H26N2O/c1-13(2)10-15(8-9-16-13)12-5-3-4-11(14)6-7-12/h11-12H,3-10,14H2,1-2H3. The minimum Gasteiger partial charge on any atom is -0.373 e. The smallest absolute Gasteiger partial charge is 0.0753 e. The van der Waals surface area contributed by atoms with Crippen molar-refractivity contribution in [1.29, 1.82) is 0 Å². The average molecular weight is 226 g/mol. The van der Waals surface area contributed by atoms with Gasteiger partial charge in [-0.25, -0.2) is 0 Å². The lowest BCUT2D eigenvalue weighted by Crippen LogP contribution is -2.52. The summed E-state index contributed by atoms with van der Waals surface area (Å²) in [6.45, 7) is 7.45. The number of morpholine rings is 1. The molecule has 16 heavy (non-hydrogen) atoms. The molecule has 0 aromatic carbocycles. The average Bonchev–Trinajstić information content (AvgIpc) is 2.41. The molecule has 2 N–H and O–H groups in total. The number of rotatable bonds is 1. The van der Waals surface area contributed by atoms with E-state index in [0.29, 0.717) is 6.04 Å². The van der Waals surface area contributed by atoms with Gasteiger partial charge >= 0.3 is 0 Å². The number of nitrogens with zero attached hydrogens (tertiary/aromatic N) is 1. The van der Waals surface area contributed by atoms with Crippen molar-refractivity contribution < 1.29 is 4.74 Å². The van der Waals surface area contributed by atoms with Gasteiger partial charge in [0, 0.05) is 25.2 Å². The quantitative estimate of drug-likeness (QED) is 0.692. The summed E-state index contributed by atoms with van der Waals surface area (Å²) >= 11 is 0. The summed E-state index contributed by atoms with van der Waals surface area (Å²) in [6.07, 6.45) is 6.30. The fourth-order valence-corrected chi connectivity index (χ4v) is 3.04. The lowest BCUT2D eigenvalue weighted by atomic mass is 10.0. The summed E-state index contributed by atoms with van der Waals surface area (Å²) < 4.78 is 5.77. The first kappa shape index (κ1) is 12.3. The molecule has 1 aliphatic heterocycles. The highest BCUT2D eigenvalue weighted by Crippen LogP contribution is 2.25. The van der Waals surface area contributed by atoms with Crippen LogP contribution in [0.25, 0.3) is 0 Å². The Labute approximate surface area is 99.3 Å². The Kier molecular flexibility index (Phi) is 3.88. The zero-order chi connectivity index (χ0) is 11.6. The molecule has 1 heterocycles. The van der Waals surface area contributed by atoms with Gasteiger partial charge in [0.25, 0.3) is 0 Å². The molecule has 3 nitrogen and oxygen atoms in total. The maximum atomic E-state index is 6.04. The predicted octanol–water partition coefficient (Wildman–Crippen LogP) is 1.76. The van der Waals surface area contributed by atoms with Gasteiger partial charge in [0.05, 0.1) is 12.2 Å². The van der Waals surface area contributed by atoms with E-state index in [4.69, 9.17) is 10.5 Å². The van der Waals surface area contributed by atoms with Crippen molar-refractivity contribution in [2.75, 3.05) is 19.7 Å². The van der Waals surface area contributed by atoms with Crippen molar-refractivity contribution in [3.8, 4) is 0 Å². The van der Waals surface area contributed by atoms with E-state index >= 15 is 0 Å². The van der Waals surface area contributed by atoms with E-state index in [1.54, 1.807) is 0 Å². The Morgan fingerprint density at radius 2 is 2.00 bits per heavy atom. The van der Waals surface area contributed by atoms with Gasteiger partial charge in [-0.2, -0.15) is 0 Å². The Morgan fingerprint density at radius 3 is 2.75 bits per heavy atom. The fourth-order valence-electron chi connectivity index (χ4n) is 3.04. The van der Waals surface area contributed by atoms with E-state index in [1.165, 1.54) is 32.1 Å². The van der Waals surface area contributed by atoms with Crippen LogP contribution in [0.3, 0.4) is 0 Å². The lowest BCUT2D eigenvalue weighted by molar-refractivity contribution is -0.0983. The first-order chi connectivity index (χ1) is 7.57. The van der Waals surface area contributed by atoms with Crippen LogP contribution in [-0.4, -0.2) is 42.3 Å². The van der Waals surface area contributed by atoms with E-state index in [0.717, 1.165) is 25.7 Å². The molecule has 1 saturated heterocycles. The van der Waals surface area contributed by atoms with Gasteiger partial charge in [-0.3, -0.25) is 4.90 Å². The van der Waals surface area contributed by atoms with Crippen LogP contribution in [0.5, 0.6) is 0 Å². The number of hydrogen-bond donors (Lipinski definition) is 1. The highest BCUT2D eigenvalue weighted by molar-refractivity contribution is 4.85. The molecule has 2 atom stereocenters. The van der Waals surface area contributed by atoms with Crippen molar-refractivity contribution in [1.82, 2.24) is 4.90 Å². The van der Waals surface area contributed by atoms with Crippen molar-refractivity contribution >= 4 is 0 Å². The molecule has 2 aliphatic rings. The molecule has 0 radical (unpaired) electrons. The van der Waals surface area contributed by atoms with Crippen molar-refractivity contribution in [2.24, 2.45) is 5.73 Å². The van der Waals surface area contributed by atoms with Gasteiger partial charge < -0.3 is 10.5 Å². The third kappa shape index (κ3) is 3.19. The van der Waals surface area contributed by atoms with E-state index in [2.05, 4.69) is 18.7 Å². The van der Waals surface area contributed by atoms with Crippen LogP contribution in [0.4, 0.5) is 0 Å². The van der Waals surface area contributed by atoms with Gasteiger partial charge in [-0.1, -0.05) is 6.42 Å². The molecule has 1 aliphatic carbocycles. The van der Waals surface area contributed by atoms with E-state index < -0.39 is 0 Å². The van der Waals surface area contributed by atoms with Crippen molar-refractivity contribution in [3.63, 3.8) is 0 Å². The van der Waals surface area contributed by atoms with Crippen LogP contribution < -0.4 is 5.73 Å². The molecule has 2 fully saturated rings. The van der Waals surface area contributed by atoms with Crippen molar-refractivity contribution in [3.05, 3.63) is 0 Å². The molecule has 1 saturated carbocycles. The molecule has 0 aromatic heterocycles. The molecular formula is C13H26N2O. The Morgan fingerprint density at radius 1 is 1.19 bits per heavy atom. The Hall–Kier alpha value is -0.120. The summed E-state index contributed by atoms with van der Waals surface area (Å²) in [7, 11) is 0. The fraction of sp³-hybridized carbons (Fsp3) is 1.00. The highest BCUT2D eigenvalue weighted by Gasteiger charge is 2.31. The molecule has 3 heteroatoms. The Bertz CT molecular complexity index is 230. The minimum absolute atomic E-state index is 0.0344. The van der Waals surface area contributed by atoms with Gasteiger partial charge in [0.1, 0.15) is 0 Å². The van der Waals surface area contributed by atoms with Crippen molar-refractivity contribution in [2.45, 2.75) is 63.6 Å². The minimum atomic E-state index is 0.0344. The zero-order valence-corrected chi connectivity index (χ0v) is 10.7. The predicted molar refractivity (Wildman–Crippen MR) is 66.5 cm³/mol. The summed E-state index contributed by atoms with van der Waals surface area (Å²) in [5, 5.41) is 0. The lowest BCUT2D eigenvalue weighted by Gasteiger charge is -2.42. The molecule has 0 amide bonds. The number of hydrogen-bond acceptors (Lipinski definition) is 3. The topological polar surface area (TPSA) is 38.5 Å². The largest absolute Gasteiger partial charge is 0.373 e. The van der Waals surface area contributed by atoms with Gasteiger partial charge in [0.15, 0.2) is 0 Å². The maximum Gasteiger partial charge on any atom is 0.0753 e. The third-order valence-electron chi connectivity index (χ3n) is 3.95. The van der Waals surface area contributed by atoms with Crippen LogP contribution in [0.1, 0.15) is 46.0 Å². The van der Waals surface area contributed by atoms with E-state index in [1.807, 2.05) is 0 Å². The van der Waals surface area contributed by atoms with Crippen LogP contribution in [0.2, 0.25) is 0 Å². The van der Waals surface area contributed by atoms with Crippen LogP contribution in [0, 0.1) is 0 Å². The van der Waals surface area contributed by atoms with E-state index in [9.17, 15) is 0 Å². The van der Waals surface area contributed by atoms with Gasteiger partial charge in [0.2, 0.25) is 0 Å². The van der Waals surface area contributed by atoms with Gasteiger partial charge in [-0.15, -0.1) is 0 Å². The summed E-state index contributed by atoms with van der Waals surface area (Å²) in [5.74, 6) is 0. The number of ether oxygens (including phenoxy) is 1. The first-order valence-electron chi connectivity index (χ1n) is 6.70. The summed E-state index contributed by atoms with van der Waals surface area (Å²) in [6, 6.07) is 1.19. The molecule has 2 unspecified atom stereocenters. The molecule has 2 rings (SSSR count). The highest BCUT2D eigenvalue weighted by atomic mass is 16.5. The summed E-state index contributed by atoms with van der Waals surface area (Å²) in [4.78, 5) is 2.63. The molecule has 94 valence electrons. The molecular weight excluding hydrogens is 200 g/mol. The second kappa shape index (κ2) is 5.03. The molecule has 0 spiro atoms. The van der Waals surface area contributed by atoms with Crippen LogP contribution >= 0.6 is 0 Å². The van der Waals surface area contributed by atoms with Crippen LogP contribution in [-0.2, 0) is 4.74 Å². The second-order valence-corrected chi connectivity index (χ2v) is 6.00. The Balaban J connectivity index is 1.91. The SMILES string of the molecule is CC1(C)CN(C2CCCC(N)CC2)CCO1. The second-order valence-electron chi connectivity index (χ2n) is 6.00. The van der Waals surface area contributed by atoms with E-state index in [-0.39, 0.29) is 5.60 Å². The normalized spacial score (nSPS) is 36.9. The monoisotopic (exact) mass is 226 g/mol. The van der Waals surface area contributed by atoms with Gasteiger partial charge in [-0.05, 0) is 39.5 Å². The number of nitrogens with two attached hydrogens (primary N) is 1. The maximum absolute atomic E-state index is 6.04. The molecule has 0 aromatic rings. The van der Waals surface area contributed by atoms with Crippen LogP contribution in [0.15, 0.2) is 0 Å². The summed E-state index contributed by atoms with van der Waals surface area (Å²) in [5.41, 5.74) is 6.07. The molecule has 0 bridgehead atoms. The first-order valence-corrected chi connectivity index (χ1v) is 6.70. The zero-order valence-electron chi connectivity index (χ0n) is 10.7.